The number of nitrogens with zero attached hydrogens (tertiary/aromatic N) is 1. The second-order valence-electron chi connectivity index (χ2n) is 18.8. The Bertz CT molecular complexity index is 2320. The molecule has 1 nitrogen and oxygen atoms in total. The lowest BCUT2D eigenvalue weighted by Gasteiger charge is -2.29. The Kier molecular flexibility index (Phi) is 10.3. The predicted octanol–water partition coefficient (Wildman–Crippen LogP) is 16.9. The van der Waals surface area contributed by atoms with Crippen molar-refractivity contribution in [2.24, 2.45) is 0 Å². The number of benzene rings is 6. The Morgan fingerprint density at radius 1 is 0.362 bits per heavy atom. The second kappa shape index (κ2) is 16.1. The first-order chi connectivity index (χ1) is 28.5. The molecular formula is C57H61N. The van der Waals surface area contributed by atoms with Crippen molar-refractivity contribution in [3.8, 4) is 33.4 Å². The zero-order chi connectivity index (χ0) is 39.1. The van der Waals surface area contributed by atoms with Gasteiger partial charge in [0.2, 0.25) is 0 Å². The van der Waals surface area contributed by atoms with E-state index in [1.807, 2.05) is 0 Å². The normalized spacial score (nSPS) is 18.4. The Morgan fingerprint density at radius 2 is 0.862 bits per heavy atom. The molecule has 0 N–H and O–H groups in total. The van der Waals surface area contributed by atoms with Gasteiger partial charge in [0.05, 0.1) is 0 Å². The fourth-order valence-electron chi connectivity index (χ4n) is 11.5. The van der Waals surface area contributed by atoms with Gasteiger partial charge in [-0.1, -0.05) is 163 Å². The van der Waals surface area contributed by atoms with E-state index in [9.17, 15) is 0 Å². The topological polar surface area (TPSA) is 3.24 Å². The summed E-state index contributed by atoms with van der Waals surface area (Å²) in [6.07, 6.45) is 20.4. The lowest BCUT2D eigenvalue weighted by Crippen LogP contribution is -2.16. The summed E-state index contributed by atoms with van der Waals surface area (Å²) in [6.45, 7) is 4.77. The summed E-state index contributed by atoms with van der Waals surface area (Å²) in [6, 6.07) is 52.2. The molecule has 3 saturated carbocycles. The van der Waals surface area contributed by atoms with E-state index < -0.39 is 0 Å². The van der Waals surface area contributed by atoms with Gasteiger partial charge in [-0.3, -0.25) is 0 Å². The van der Waals surface area contributed by atoms with Crippen molar-refractivity contribution in [3.05, 3.63) is 161 Å². The maximum atomic E-state index is 2.62. The van der Waals surface area contributed by atoms with Gasteiger partial charge in [0, 0.05) is 22.5 Å². The molecule has 4 aliphatic rings. The number of anilines is 3. The van der Waals surface area contributed by atoms with Crippen LogP contribution >= 0.6 is 0 Å². The molecule has 0 amide bonds. The lowest BCUT2D eigenvalue weighted by molar-refractivity contribution is 0.435. The van der Waals surface area contributed by atoms with Crippen LogP contribution in [0.5, 0.6) is 0 Å². The van der Waals surface area contributed by atoms with Crippen molar-refractivity contribution in [1.29, 1.82) is 0 Å². The summed E-state index contributed by atoms with van der Waals surface area (Å²) in [7, 11) is 0. The van der Waals surface area contributed by atoms with Crippen molar-refractivity contribution in [1.82, 2.24) is 0 Å². The first-order valence-electron chi connectivity index (χ1n) is 23.0. The first kappa shape index (κ1) is 37.4. The molecule has 0 spiro atoms. The van der Waals surface area contributed by atoms with Crippen LogP contribution in [-0.4, -0.2) is 0 Å². The van der Waals surface area contributed by atoms with Gasteiger partial charge in [0.15, 0.2) is 0 Å². The maximum Gasteiger partial charge on any atom is 0.0465 e. The van der Waals surface area contributed by atoms with Crippen LogP contribution in [0.25, 0.3) is 33.4 Å². The minimum absolute atomic E-state index is 0.0551. The summed E-state index contributed by atoms with van der Waals surface area (Å²) >= 11 is 0. The van der Waals surface area contributed by atoms with Gasteiger partial charge < -0.3 is 4.90 Å². The van der Waals surface area contributed by atoms with Crippen LogP contribution < -0.4 is 4.90 Å². The molecule has 3 fully saturated rings. The van der Waals surface area contributed by atoms with Crippen LogP contribution in [0, 0.1) is 0 Å². The standard InChI is InChI=1S/C57H61N/c1-57(2)55-24-13-12-23-53(55)54-34-33-52(39-56(54)57)58(50-29-25-43(26-30-50)40-15-6-3-7-16-40)51-31-27-44(28-32-51)45-21-14-22-46(35-45)49-37-47(41-17-8-4-9-18-41)36-48(38-49)42-19-10-5-11-20-42/h12-14,21-42H,3-11,15-20H2,1-2H3. The molecule has 4 aliphatic carbocycles. The van der Waals surface area contributed by atoms with Crippen molar-refractivity contribution in [2.45, 2.75) is 133 Å². The number of fused-ring (bicyclic) bond motifs is 3. The fraction of sp³-hybridized carbons (Fsp3) is 0.368. The van der Waals surface area contributed by atoms with E-state index in [1.165, 1.54) is 163 Å². The van der Waals surface area contributed by atoms with Crippen LogP contribution in [0.15, 0.2) is 133 Å². The summed E-state index contributed by atoms with van der Waals surface area (Å²) in [5.74, 6) is 2.12. The monoisotopic (exact) mass is 759 g/mol. The van der Waals surface area contributed by atoms with Crippen LogP contribution in [-0.2, 0) is 5.41 Å². The van der Waals surface area contributed by atoms with Gasteiger partial charge in [-0.25, -0.2) is 0 Å². The van der Waals surface area contributed by atoms with E-state index in [4.69, 9.17) is 0 Å². The van der Waals surface area contributed by atoms with Crippen LogP contribution in [0.4, 0.5) is 17.1 Å². The van der Waals surface area contributed by atoms with Crippen molar-refractivity contribution in [3.63, 3.8) is 0 Å². The Morgan fingerprint density at radius 3 is 1.47 bits per heavy atom. The Hall–Kier alpha value is -4.88. The van der Waals surface area contributed by atoms with Crippen LogP contribution in [0.2, 0.25) is 0 Å². The van der Waals surface area contributed by atoms with Crippen LogP contribution in [0.1, 0.15) is 156 Å². The number of hydrogen-bond donors (Lipinski definition) is 0. The molecule has 0 heterocycles. The van der Waals surface area contributed by atoms with Gasteiger partial charge in [0.25, 0.3) is 0 Å². The molecule has 0 aliphatic heterocycles. The SMILES string of the molecule is CC1(C)c2ccccc2-c2ccc(N(c3ccc(-c4cccc(-c5cc(C6CCCCC6)cc(C6CCCCC6)c5)c4)cc3)c3ccc(C4CCCCC4)cc3)cc21. The quantitative estimate of drug-likeness (QED) is 0.149. The molecule has 0 bridgehead atoms. The van der Waals surface area contributed by atoms with Gasteiger partial charge in [-0.05, 0) is 160 Å². The van der Waals surface area contributed by atoms with E-state index in [2.05, 4.69) is 152 Å². The number of hydrogen-bond acceptors (Lipinski definition) is 1. The minimum Gasteiger partial charge on any atom is -0.310 e. The van der Waals surface area contributed by atoms with Gasteiger partial charge in [-0.2, -0.15) is 0 Å². The molecule has 0 atom stereocenters. The van der Waals surface area contributed by atoms with E-state index >= 15 is 0 Å². The molecule has 0 radical (unpaired) electrons. The molecule has 6 aromatic carbocycles. The van der Waals surface area contributed by atoms with Gasteiger partial charge >= 0.3 is 0 Å². The molecule has 0 unspecified atom stereocenters. The first-order valence-corrected chi connectivity index (χ1v) is 23.0. The Balaban J connectivity index is 0.997. The highest BCUT2D eigenvalue weighted by Gasteiger charge is 2.36. The molecule has 58 heavy (non-hydrogen) atoms. The zero-order valence-electron chi connectivity index (χ0n) is 35.0. The molecule has 1 heteroatoms. The molecule has 6 aromatic rings. The second-order valence-corrected chi connectivity index (χ2v) is 18.8. The van der Waals surface area contributed by atoms with Gasteiger partial charge in [0.1, 0.15) is 0 Å². The van der Waals surface area contributed by atoms with E-state index in [0.717, 1.165) is 0 Å². The molecule has 294 valence electrons. The molecule has 10 rings (SSSR count). The number of rotatable bonds is 8. The highest BCUT2D eigenvalue weighted by molar-refractivity contribution is 5.86. The highest BCUT2D eigenvalue weighted by Crippen LogP contribution is 2.51. The van der Waals surface area contributed by atoms with Crippen molar-refractivity contribution in [2.75, 3.05) is 4.90 Å². The summed E-state index contributed by atoms with van der Waals surface area (Å²) < 4.78 is 0. The average molecular weight is 760 g/mol. The van der Waals surface area contributed by atoms with E-state index in [1.54, 1.807) is 11.1 Å². The van der Waals surface area contributed by atoms with Gasteiger partial charge in [-0.15, -0.1) is 0 Å². The predicted molar refractivity (Wildman–Crippen MR) is 247 cm³/mol. The van der Waals surface area contributed by atoms with E-state index in [0.29, 0.717) is 17.8 Å². The van der Waals surface area contributed by atoms with Crippen LogP contribution in [0.3, 0.4) is 0 Å². The Labute approximate surface area is 348 Å². The summed E-state index contributed by atoms with van der Waals surface area (Å²) in [5, 5.41) is 0. The molecule has 0 saturated heterocycles. The maximum absolute atomic E-state index is 2.62. The third kappa shape index (κ3) is 7.25. The third-order valence-corrected chi connectivity index (χ3v) is 14.8. The third-order valence-electron chi connectivity index (χ3n) is 14.8. The lowest BCUT2D eigenvalue weighted by atomic mass is 9.78. The van der Waals surface area contributed by atoms with Crippen molar-refractivity contribution >= 4 is 17.1 Å². The minimum atomic E-state index is -0.0551. The highest BCUT2D eigenvalue weighted by atomic mass is 15.1. The largest absolute Gasteiger partial charge is 0.310 e. The summed E-state index contributed by atoms with van der Waals surface area (Å²) in [4.78, 5) is 2.48. The van der Waals surface area contributed by atoms with E-state index in [-0.39, 0.29) is 5.41 Å². The molecule has 0 aromatic heterocycles. The smallest absolute Gasteiger partial charge is 0.0465 e. The average Bonchev–Trinajstić information content (AvgIpc) is 3.53. The van der Waals surface area contributed by atoms with Crippen molar-refractivity contribution < 1.29 is 0 Å². The zero-order valence-corrected chi connectivity index (χ0v) is 35.0. The fourth-order valence-corrected chi connectivity index (χ4v) is 11.5. The summed E-state index contributed by atoms with van der Waals surface area (Å²) in [5.41, 5.74) is 19.1. The molecular weight excluding hydrogens is 699 g/mol.